The molecule has 3 nitrogen and oxygen atoms in total. The summed E-state index contributed by atoms with van der Waals surface area (Å²) < 4.78 is 0. The van der Waals surface area contributed by atoms with Gasteiger partial charge in [0, 0.05) is 31.7 Å². The Morgan fingerprint density at radius 2 is 1.55 bits per heavy atom. The van der Waals surface area contributed by atoms with Crippen molar-refractivity contribution in [1.29, 1.82) is 0 Å². The Kier molecular flexibility index (Phi) is 3.02. The maximum Gasteiger partial charge on any atom is 0.106 e. The Balaban J connectivity index is 1.70. The highest BCUT2D eigenvalue weighted by Gasteiger charge is 2.36. The lowest BCUT2D eigenvalue weighted by Gasteiger charge is -2.34. The standard InChI is InChI=1S/C17H19N3/c1-2-6-14(7-3-1)15-8-4-9-16(18-15)17-19-10-5-11-20(17)13-12-19/h1-4,6-9,17H,5,10-13H2. The lowest BCUT2D eigenvalue weighted by molar-refractivity contribution is 0.0894. The predicted molar refractivity (Wildman–Crippen MR) is 80.2 cm³/mol. The minimum atomic E-state index is 0.396. The summed E-state index contributed by atoms with van der Waals surface area (Å²) in [7, 11) is 0. The first-order valence-electron chi connectivity index (χ1n) is 7.42. The molecule has 2 bridgehead atoms. The first-order chi connectivity index (χ1) is 9.92. The first-order valence-corrected chi connectivity index (χ1v) is 7.42. The average Bonchev–Trinajstić information content (AvgIpc) is 2.78. The van der Waals surface area contributed by atoms with E-state index in [-0.39, 0.29) is 0 Å². The molecule has 2 aromatic rings. The number of pyridine rings is 1. The van der Waals surface area contributed by atoms with Gasteiger partial charge >= 0.3 is 0 Å². The highest BCUT2D eigenvalue weighted by Crippen LogP contribution is 2.33. The Morgan fingerprint density at radius 1 is 0.800 bits per heavy atom. The molecule has 2 saturated heterocycles. The molecule has 0 saturated carbocycles. The van der Waals surface area contributed by atoms with Gasteiger partial charge in [-0.1, -0.05) is 36.4 Å². The monoisotopic (exact) mass is 265 g/mol. The zero-order valence-electron chi connectivity index (χ0n) is 11.6. The Hall–Kier alpha value is -1.71. The fraction of sp³-hybridized carbons (Fsp3) is 0.353. The van der Waals surface area contributed by atoms with E-state index in [0.29, 0.717) is 6.17 Å². The minimum absolute atomic E-state index is 0.396. The van der Waals surface area contributed by atoms with Gasteiger partial charge in [-0.25, -0.2) is 4.98 Å². The van der Waals surface area contributed by atoms with E-state index in [1.165, 1.54) is 43.9 Å². The van der Waals surface area contributed by atoms with Crippen molar-refractivity contribution in [3.05, 3.63) is 54.2 Å². The number of fused-ring (bicyclic) bond motifs is 2. The molecule has 0 aliphatic carbocycles. The number of aromatic nitrogens is 1. The van der Waals surface area contributed by atoms with Crippen LogP contribution in [0.5, 0.6) is 0 Å². The van der Waals surface area contributed by atoms with E-state index in [1.54, 1.807) is 0 Å². The highest BCUT2D eigenvalue weighted by atomic mass is 15.4. The summed E-state index contributed by atoms with van der Waals surface area (Å²) in [6, 6.07) is 16.9. The van der Waals surface area contributed by atoms with Gasteiger partial charge in [0.05, 0.1) is 11.4 Å². The van der Waals surface area contributed by atoms with Crippen molar-refractivity contribution in [3.63, 3.8) is 0 Å². The summed E-state index contributed by atoms with van der Waals surface area (Å²) >= 11 is 0. The minimum Gasteiger partial charge on any atom is -0.281 e. The third kappa shape index (κ3) is 2.03. The normalized spacial score (nSPS) is 28.5. The molecular formula is C17H19N3. The summed E-state index contributed by atoms with van der Waals surface area (Å²) in [6.45, 7) is 4.78. The molecule has 2 fully saturated rings. The summed E-state index contributed by atoms with van der Waals surface area (Å²) in [6.07, 6.45) is 1.68. The molecule has 1 aromatic carbocycles. The van der Waals surface area contributed by atoms with Gasteiger partial charge in [0.2, 0.25) is 0 Å². The fourth-order valence-electron chi connectivity index (χ4n) is 3.42. The molecule has 1 aromatic heterocycles. The number of rotatable bonds is 2. The molecule has 2 unspecified atom stereocenters. The van der Waals surface area contributed by atoms with E-state index in [2.05, 4.69) is 52.3 Å². The Morgan fingerprint density at radius 3 is 2.30 bits per heavy atom. The van der Waals surface area contributed by atoms with Crippen molar-refractivity contribution in [2.24, 2.45) is 0 Å². The number of nitrogens with zero attached hydrogens (tertiary/aromatic N) is 3. The molecule has 2 atom stereocenters. The van der Waals surface area contributed by atoms with Gasteiger partial charge in [-0.15, -0.1) is 0 Å². The van der Waals surface area contributed by atoms with Crippen LogP contribution in [0.3, 0.4) is 0 Å². The average molecular weight is 265 g/mol. The van der Waals surface area contributed by atoms with Crippen molar-refractivity contribution in [2.75, 3.05) is 26.2 Å². The molecule has 2 aliphatic rings. The zero-order chi connectivity index (χ0) is 13.4. The summed E-state index contributed by atoms with van der Waals surface area (Å²) in [5, 5.41) is 0. The molecule has 0 radical (unpaired) electrons. The Labute approximate surface area is 119 Å². The predicted octanol–water partition coefficient (Wildman–Crippen LogP) is 2.77. The van der Waals surface area contributed by atoms with Gasteiger partial charge in [-0.2, -0.15) is 0 Å². The van der Waals surface area contributed by atoms with Gasteiger partial charge in [0.1, 0.15) is 6.17 Å². The van der Waals surface area contributed by atoms with Crippen LogP contribution in [0.4, 0.5) is 0 Å². The summed E-state index contributed by atoms with van der Waals surface area (Å²) in [5.41, 5.74) is 3.47. The number of hydrogen-bond acceptors (Lipinski definition) is 3. The van der Waals surface area contributed by atoms with Crippen LogP contribution in [-0.4, -0.2) is 41.0 Å². The van der Waals surface area contributed by atoms with Gasteiger partial charge in [0.15, 0.2) is 0 Å². The highest BCUT2D eigenvalue weighted by molar-refractivity contribution is 5.58. The van der Waals surface area contributed by atoms with Crippen LogP contribution in [-0.2, 0) is 0 Å². The molecule has 0 spiro atoms. The van der Waals surface area contributed by atoms with Crippen LogP contribution >= 0.6 is 0 Å². The molecule has 3 heteroatoms. The van der Waals surface area contributed by atoms with E-state index < -0.39 is 0 Å². The van der Waals surface area contributed by atoms with Crippen LogP contribution in [0.2, 0.25) is 0 Å². The molecule has 0 N–H and O–H groups in total. The molecule has 102 valence electrons. The van der Waals surface area contributed by atoms with Crippen LogP contribution < -0.4 is 0 Å². The number of benzene rings is 1. The second-order valence-electron chi connectivity index (χ2n) is 5.61. The second kappa shape index (κ2) is 5.00. The molecule has 20 heavy (non-hydrogen) atoms. The maximum atomic E-state index is 4.92. The molecule has 2 aliphatic heterocycles. The van der Waals surface area contributed by atoms with E-state index in [4.69, 9.17) is 4.98 Å². The van der Waals surface area contributed by atoms with Crippen molar-refractivity contribution < 1.29 is 0 Å². The quantitative estimate of drug-likeness (QED) is 0.832. The van der Waals surface area contributed by atoms with Crippen LogP contribution in [0, 0.1) is 0 Å². The Bertz CT molecular complexity index is 580. The van der Waals surface area contributed by atoms with Gasteiger partial charge in [-0.3, -0.25) is 9.80 Å². The smallest absolute Gasteiger partial charge is 0.106 e. The van der Waals surface area contributed by atoms with E-state index in [0.717, 1.165) is 5.69 Å². The second-order valence-corrected chi connectivity index (χ2v) is 5.61. The fourth-order valence-corrected chi connectivity index (χ4v) is 3.42. The maximum absolute atomic E-state index is 4.92. The van der Waals surface area contributed by atoms with Gasteiger partial charge in [-0.05, 0) is 18.6 Å². The lowest BCUT2D eigenvalue weighted by atomic mass is 10.1. The van der Waals surface area contributed by atoms with Gasteiger partial charge < -0.3 is 0 Å². The molecular weight excluding hydrogens is 246 g/mol. The number of hydrogen-bond donors (Lipinski definition) is 0. The summed E-state index contributed by atoms with van der Waals surface area (Å²) in [5.74, 6) is 0. The molecule has 4 rings (SSSR count). The van der Waals surface area contributed by atoms with E-state index >= 15 is 0 Å². The SMILES string of the molecule is c1ccc(-c2cccc(C3N4CCCN3CC4)n2)cc1. The van der Waals surface area contributed by atoms with Crippen molar-refractivity contribution in [1.82, 2.24) is 14.8 Å². The largest absolute Gasteiger partial charge is 0.281 e. The van der Waals surface area contributed by atoms with Crippen molar-refractivity contribution in [3.8, 4) is 11.3 Å². The van der Waals surface area contributed by atoms with Crippen molar-refractivity contribution >= 4 is 0 Å². The molecule has 3 heterocycles. The van der Waals surface area contributed by atoms with Crippen LogP contribution in [0.15, 0.2) is 48.5 Å². The van der Waals surface area contributed by atoms with Crippen LogP contribution in [0.1, 0.15) is 18.3 Å². The van der Waals surface area contributed by atoms with Crippen LogP contribution in [0.25, 0.3) is 11.3 Å². The van der Waals surface area contributed by atoms with Gasteiger partial charge in [0.25, 0.3) is 0 Å². The lowest BCUT2D eigenvalue weighted by Crippen LogP contribution is -2.38. The third-order valence-corrected chi connectivity index (χ3v) is 4.36. The molecule has 0 amide bonds. The van der Waals surface area contributed by atoms with Crippen molar-refractivity contribution in [2.45, 2.75) is 12.6 Å². The van der Waals surface area contributed by atoms with E-state index in [9.17, 15) is 0 Å². The first kappa shape index (κ1) is 12.1. The summed E-state index contributed by atoms with van der Waals surface area (Å²) in [4.78, 5) is 10.0. The topological polar surface area (TPSA) is 19.4 Å². The zero-order valence-corrected chi connectivity index (χ0v) is 11.6. The van der Waals surface area contributed by atoms with E-state index in [1.807, 2.05) is 6.07 Å². The third-order valence-electron chi connectivity index (χ3n) is 4.36.